The normalized spacial score (nSPS) is 13.3. The van der Waals surface area contributed by atoms with E-state index in [1.165, 1.54) is 0 Å². The van der Waals surface area contributed by atoms with Crippen LogP contribution in [-0.4, -0.2) is 20.7 Å². The van der Waals surface area contributed by atoms with E-state index in [-0.39, 0.29) is 5.91 Å². The van der Waals surface area contributed by atoms with Crippen molar-refractivity contribution in [2.24, 2.45) is 0 Å². The van der Waals surface area contributed by atoms with Crippen LogP contribution in [0.1, 0.15) is 40.2 Å². The van der Waals surface area contributed by atoms with Crippen molar-refractivity contribution in [1.82, 2.24) is 14.8 Å². The van der Waals surface area contributed by atoms with Gasteiger partial charge in [-0.25, -0.2) is 9.67 Å². The first-order chi connectivity index (χ1) is 12.6. The molecule has 1 aliphatic carbocycles. The minimum absolute atomic E-state index is 0.196. The Kier molecular flexibility index (Phi) is 4.59. The van der Waals surface area contributed by atoms with Crippen LogP contribution in [-0.2, 0) is 12.8 Å². The molecular weight excluding hydrogens is 392 g/mol. The molecule has 1 amide bonds. The van der Waals surface area contributed by atoms with Gasteiger partial charge in [0.05, 0.1) is 5.69 Å². The fourth-order valence-electron chi connectivity index (χ4n) is 3.39. The number of fused-ring (bicyclic) bond motifs is 1. The topological polar surface area (TPSA) is 59.8 Å². The van der Waals surface area contributed by atoms with Gasteiger partial charge in [-0.15, -0.1) is 0 Å². The fraction of sp³-hybridized carbons (Fsp3) is 0.250. The molecule has 132 valence electrons. The highest BCUT2D eigenvalue weighted by atomic mass is 79.9. The molecule has 2 heterocycles. The summed E-state index contributed by atoms with van der Waals surface area (Å²) in [6.07, 6.45) is 5.70. The van der Waals surface area contributed by atoms with Crippen LogP contribution < -0.4 is 5.32 Å². The summed E-state index contributed by atoms with van der Waals surface area (Å²) in [6.45, 7) is 1.93. The van der Waals surface area contributed by atoms with Gasteiger partial charge in [-0.1, -0.05) is 28.1 Å². The van der Waals surface area contributed by atoms with E-state index in [0.717, 1.165) is 52.7 Å². The average molecular weight is 411 g/mol. The summed E-state index contributed by atoms with van der Waals surface area (Å²) < 4.78 is 2.91. The highest BCUT2D eigenvalue weighted by Crippen LogP contribution is 2.28. The predicted molar refractivity (Wildman–Crippen MR) is 105 cm³/mol. The number of anilines is 1. The number of amides is 1. The lowest BCUT2D eigenvalue weighted by Crippen LogP contribution is -2.17. The molecular formula is C20H19BrN4O. The van der Waals surface area contributed by atoms with Crippen LogP contribution in [0.2, 0.25) is 0 Å². The third-order valence-corrected chi connectivity index (χ3v) is 5.18. The molecule has 0 saturated heterocycles. The third-order valence-electron chi connectivity index (χ3n) is 4.69. The molecule has 1 aromatic carbocycles. The van der Waals surface area contributed by atoms with E-state index in [1.807, 2.05) is 48.0 Å². The van der Waals surface area contributed by atoms with E-state index in [9.17, 15) is 4.79 Å². The molecule has 0 unspecified atom stereocenters. The zero-order valence-electron chi connectivity index (χ0n) is 14.5. The molecule has 0 bridgehead atoms. The summed E-state index contributed by atoms with van der Waals surface area (Å²) in [7, 11) is 0. The van der Waals surface area contributed by atoms with Gasteiger partial charge >= 0.3 is 0 Å². The van der Waals surface area contributed by atoms with Gasteiger partial charge in [-0.2, -0.15) is 5.10 Å². The number of rotatable bonds is 3. The molecule has 5 nitrogen and oxygen atoms in total. The zero-order valence-corrected chi connectivity index (χ0v) is 16.1. The van der Waals surface area contributed by atoms with E-state index in [2.05, 4.69) is 31.3 Å². The lowest BCUT2D eigenvalue weighted by molar-refractivity contribution is 0.102. The van der Waals surface area contributed by atoms with Crippen LogP contribution in [0.25, 0.3) is 5.69 Å². The minimum atomic E-state index is -0.196. The van der Waals surface area contributed by atoms with Gasteiger partial charge in [-0.3, -0.25) is 4.79 Å². The van der Waals surface area contributed by atoms with Crippen molar-refractivity contribution in [3.8, 4) is 5.69 Å². The fourth-order valence-corrected chi connectivity index (χ4v) is 3.77. The molecule has 0 radical (unpaired) electrons. The smallest absolute Gasteiger partial charge is 0.277 e. The lowest BCUT2D eigenvalue weighted by atomic mass is 9.95. The molecule has 4 rings (SSSR count). The van der Waals surface area contributed by atoms with Gasteiger partial charge in [-0.05, 0) is 62.4 Å². The number of benzene rings is 1. The van der Waals surface area contributed by atoms with Crippen LogP contribution in [0.4, 0.5) is 5.82 Å². The molecule has 2 aromatic heterocycles. The lowest BCUT2D eigenvalue weighted by Gasteiger charge is -2.14. The second kappa shape index (κ2) is 7.03. The van der Waals surface area contributed by atoms with E-state index in [0.29, 0.717) is 11.5 Å². The van der Waals surface area contributed by atoms with Crippen LogP contribution in [0.5, 0.6) is 0 Å². The summed E-state index contributed by atoms with van der Waals surface area (Å²) in [5.41, 5.74) is 4.59. The van der Waals surface area contributed by atoms with Crippen LogP contribution in [0, 0.1) is 6.92 Å². The molecule has 6 heteroatoms. The Hall–Kier alpha value is -2.47. The number of aryl methyl sites for hydroxylation is 1. The molecule has 1 N–H and O–H groups in total. The second-order valence-corrected chi connectivity index (χ2v) is 7.41. The highest BCUT2D eigenvalue weighted by molar-refractivity contribution is 9.10. The van der Waals surface area contributed by atoms with Crippen molar-refractivity contribution in [1.29, 1.82) is 0 Å². The maximum Gasteiger partial charge on any atom is 0.277 e. The maximum atomic E-state index is 12.9. The van der Waals surface area contributed by atoms with Crippen molar-refractivity contribution >= 4 is 27.7 Å². The summed E-state index contributed by atoms with van der Waals surface area (Å²) in [6, 6.07) is 11.8. The molecule has 26 heavy (non-hydrogen) atoms. The van der Waals surface area contributed by atoms with Crippen molar-refractivity contribution in [3.05, 3.63) is 69.6 Å². The van der Waals surface area contributed by atoms with Crippen molar-refractivity contribution < 1.29 is 4.79 Å². The van der Waals surface area contributed by atoms with Crippen LogP contribution >= 0.6 is 15.9 Å². The van der Waals surface area contributed by atoms with Gasteiger partial charge < -0.3 is 5.32 Å². The first-order valence-corrected chi connectivity index (χ1v) is 9.52. The van der Waals surface area contributed by atoms with Crippen molar-refractivity contribution in [2.75, 3.05) is 5.32 Å². The molecule has 0 atom stereocenters. The molecule has 3 aromatic rings. The summed E-state index contributed by atoms with van der Waals surface area (Å²) in [5.74, 6) is 0.387. The Balaban J connectivity index is 1.75. The first kappa shape index (κ1) is 17.0. The summed E-state index contributed by atoms with van der Waals surface area (Å²) in [4.78, 5) is 17.2. The largest absolute Gasteiger partial charge is 0.305 e. The van der Waals surface area contributed by atoms with E-state index >= 15 is 0 Å². The number of nitrogens with zero attached hydrogens (tertiary/aromatic N) is 3. The quantitative estimate of drug-likeness (QED) is 0.692. The number of nitrogens with one attached hydrogen (secondary N) is 1. The van der Waals surface area contributed by atoms with Gasteiger partial charge in [0, 0.05) is 21.9 Å². The van der Waals surface area contributed by atoms with E-state index in [4.69, 9.17) is 0 Å². The van der Waals surface area contributed by atoms with E-state index in [1.54, 1.807) is 6.20 Å². The number of hydrogen-bond donors (Lipinski definition) is 1. The zero-order chi connectivity index (χ0) is 18.1. The highest BCUT2D eigenvalue weighted by Gasteiger charge is 2.26. The van der Waals surface area contributed by atoms with Crippen LogP contribution in [0.15, 0.2) is 47.1 Å². The monoisotopic (exact) mass is 410 g/mol. The number of pyridine rings is 1. The first-order valence-electron chi connectivity index (χ1n) is 8.73. The van der Waals surface area contributed by atoms with Gasteiger partial charge in [0.2, 0.25) is 0 Å². The Morgan fingerprint density at radius 3 is 2.85 bits per heavy atom. The summed E-state index contributed by atoms with van der Waals surface area (Å²) >= 11 is 3.51. The van der Waals surface area contributed by atoms with Crippen molar-refractivity contribution in [2.45, 2.75) is 32.6 Å². The van der Waals surface area contributed by atoms with Crippen molar-refractivity contribution in [3.63, 3.8) is 0 Å². The van der Waals surface area contributed by atoms with E-state index < -0.39 is 0 Å². The summed E-state index contributed by atoms with van der Waals surface area (Å²) in [5, 5.41) is 7.60. The number of carbonyl (C=O) groups excluding carboxylic acids is 1. The maximum absolute atomic E-state index is 12.9. The molecule has 0 fully saturated rings. The number of halogens is 1. The standard InChI is InChI=1S/C20H19BrN4O/c1-13-6-5-11-22-19(13)23-20(26)18-16-9-2-3-10-17(16)25(24-18)15-8-4-7-14(21)12-15/h4-8,11-12H,2-3,9-10H2,1H3,(H,22,23,26). The minimum Gasteiger partial charge on any atom is -0.305 e. The number of hydrogen-bond acceptors (Lipinski definition) is 3. The Morgan fingerprint density at radius 1 is 1.19 bits per heavy atom. The second-order valence-electron chi connectivity index (χ2n) is 6.50. The molecule has 0 spiro atoms. The molecule has 0 saturated carbocycles. The number of aromatic nitrogens is 3. The predicted octanol–water partition coefficient (Wildman–Crippen LogP) is 4.47. The third kappa shape index (κ3) is 3.17. The average Bonchev–Trinajstić information content (AvgIpc) is 3.03. The van der Waals surface area contributed by atoms with Crippen LogP contribution in [0.3, 0.4) is 0 Å². The van der Waals surface area contributed by atoms with Gasteiger partial charge in [0.25, 0.3) is 5.91 Å². The molecule has 1 aliphatic rings. The number of carbonyl (C=O) groups is 1. The Bertz CT molecular complexity index is 980. The Morgan fingerprint density at radius 2 is 2.04 bits per heavy atom. The SMILES string of the molecule is Cc1cccnc1NC(=O)c1nn(-c2cccc(Br)c2)c2c1CCCC2. The molecule has 0 aliphatic heterocycles. The Labute approximate surface area is 160 Å². The van der Waals surface area contributed by atoms with Gasteiger partial charge in [0.1, 0.15) is 5.82 Å². The van der Waals surface area contributed by atoms with Gasteiger partial charge in [0.15, 0.2) is 5.69 Å².